The smallest absolute Gasteiger partial charge is 0.240 e. The SMILES string of the molecule is O=CCCNS(=O)(=O)c1ccc(F)cc1. The van der Waals surface area contributed by atoms with E-state index in [1.165, 1.54) is 12.1 Å². The van der Waals surface area contributed by atoms with Crippen molar-refractivity contribution in [1.82, 2.24) is 4.72 Å². The molecular weight excluding hydrogens is 221 g/mol. The van der Waals surface area contributed by atoms with Gasteiger partial charge in [-0.05, 0) is 24.3 Å². The lowest BCUT2D eigenvalue weighted by atomic mass is 10.4. The molecule has 0 aliphatic heterocycles. The fourth-order valence-electron chi connectivity index (χ4n) is 0.949. The molecule has 0 bridgehead atoms. The summed E-state index contributed by atoms with van der Waals surface area (Å²) in [5, 5.41) is 0. The zero-order chi connectivity index (χ0) is 11.3. The third-order valence-electron chi connectivity index (χ3n) is 1.68. The molecule has 4 nitrogen and oxygen atoms in total. The lowest BCUT2D eigenvalue weighted by Gasteiger charge is -2.04. The second-order valence-electron chi connectivity index (χ2n) is 2.81. The minimum Gasteiger partial charge on any atom is -0.303 e. The molecule has 0 unspecified atom stereocenters. The first kappa shape index (κ1) is 11.8. The normalized spacial score (nSPS) is 11.3. The summed E-state index contributed by atoms with van der Waals surface area (Å²) in [6, 6.07) is 4.46. The molecule has 0 aromatic heterocycles. The molecule has 82 valence electrons. The Labute approximate surface area is 87.2 Å². The van der Waals surface area contributed by atoms with Crippen LogP contribution in [0.3, 0.4) is 0 Å². The predicted octanol–water partition coefficient (Wildman–Crippen LogP) is 0.693. The Balaban J connectivity index is 2.77. The quantitative estimate of drug-likeness (QED) is 0.599. The summed E-state index contributed by atoms with van der Waals surface area (Å²) in [5.74, 6) is -0.498. The number of aldehydes is 1. The molecule has 0 amide bonds. The van der Waals surface area contributed by atoms with Crippen LogP contribution in [-0.2, 0) is 14.8 Å². The van der Waals surface area contributed by atoms with Gasteiger partial charge in [-0.2, -0.15) is 0 Å². The van der Waals surface area contributed by atoms with Crippen LogP contribution < -0.4 is 4.72 Å². The Morgan fingerprint density at radius 3 is 2.40 bits per heavy atom. The van der Waals surface area contributed by atoms with Gasteiger partial charge < -0.3 is 4.79 Å². The Kier molecular flexibility index (Phi) is 3.93. The minimum atomic E-state index is -3.62. The number of hydrogen-bond acceptors (Lipinski definition) is 3. The summed E-state index contributed by atoms with van der Waals surface area (Å²) < 4.78 is 37.7. The highest BCUT2D eigenvalue weighted by Gasteiger charge is 2.12. The van der Waals surface area contributed by atoms with E-state index in [2.05, 4.69) is 4.72 Å². The lowest BCUT2D eigenvalue weighted by Crippen LogP contribution is -2.24. The Morgan fingerprint density at radius 2 is 1.87 bits per heavy atom. The van der Waals surface area contributed by atoms with Gasteiger partial charge in [0.1, 0.15) is 12.1 Å². The van der Waals surface area contributed by atoms with Crippen molar-refractivity contribution in [3.05, 3.63) is 30.1 Å². The van der Waals surface area contributed by atoms with Crippen LogP contribution in [0, 0.1) is 5.82 Å². The fourth-order valence-corrected chi connectivity index (χ4v) is 2.00. The summed E-state index contributed by atoms with van der Waals surface area (Å²) >= 11 is 0. The van der Waals surface area contributed by atoms with Crippen LogP contribution in [0.4, 0.5) is 4.39 Å². The highest BCUT2D eigenvalue weighted by Crippen LogP contribution is 2.08. The Hall–Kier alpha value is -1.27. The van der Waals surface area contributed by atoms with Crippen LogP contribution in [-0.4, -0.2) is 21.2 Å². The topological polar surface area (TPSA) is 63.2 Å². The van der Waals surface area contributed by atoms with Crippen LogP contribution in [0.15, 0.2) is 29.2 Å². The molecule has 0 aliphatic carbocycles. The molecule has 1 aromatic rings. The second-order valence-corrected chi connectivity index (χ2v) is 4.57. The number of halogens is 1. The molecule has 1 N–H and O–H groups in total. The van der Waals surface area contributed by atoms with Gasteiger partial charge in [-0.3, -0.25) is 0 Å². The van der Waals surface area contributed by atoms with E-state index in [1.807, 2.05) is 0 Å². The van der Waals surface area contributed by atoms with Crippen molar-refractivity contribution in [2.75, 3.05) is 6.54 Å². The predicted molar refractivity (Wildman–Crippen MR) is 52.3 cm³/mol. The summed E-state index contributed by atoms with van der Waals surface area (Å²) in [7, 11) is -3.62. The molecule has 6 heteroatoms. The van der Waals surface area contributed by atoms with E-state index in [1.54, 1.807) is 0 Å². The van der Waals surface area contributed by atoms with Crippen molar-refractivity contribution in [3.63, 3.8) is 0 Å². The van der Waals surface area contributed by atoms with Crippen molar-refractivity contribution in [3.8, 4) is 0 Å². The van der Waals surface area contributed by atoms with Gasteiger partial charge in [0.15, 0.2) is 0 Å². The number of carbonyl (C=O) groups is 1. The van der Waals surface area contributed by atoms with Gasteiger partial charge in [-0.25, -0.2) is 17.5 Å². The van der Waals surface area contributed by atoms with Crippen LogP contribution in [0.25, 0.3) is 0 Å². The van der Waals surface area contributed by atoms with Gasteiger partial charge in [0.2, 0.25) is 10.0 Å². The first-order chi connectivity index (χ1) is 7.06. The van der Waals surface area contributed by atoms with Gasteiger partial charge in [0.05, 0.1) is 4.90 Å². The number of benzene rings is 1. The maximum Gasteiger partial charge on any atom is 0.240 e. The molecule has 15 heavy (non-hydrogen) atoms. The van der Waals surface area contributed by atoms with Gasteiger partial charge in [-0.15, -0.1) is 0 Å². The van der Waals surface area contributed by atoms with Gasteiger partial charge >= 0.3 is 0 Å². The number of hydrogen-bond donors (Lipinski definition) is 1. The molecule has 0 fully saturated rings. The van der Waals surface area contributed by atoms with Crippen LogP contribution in [0.1, 0.15) is 6.42 Å². The molecule has 0 atom stereocenters. The molecule has 1 rings (SSSR count). The highest BCUT2D eigenvalue weighted by atomic mass is 32.2. The molecular formula is C9H10FNO3S. The summed E-state index contributed by atoms with van der Waals surface area (Å²) in [4.78, 5) is 9.97. The molecule has 0 spiro atoms. The minimum absolute atomic E-state index is 0.0187. The molecule has 0 saturated carbocycles. The maximum atomic E-state index is 12.5. The zero-order valence-corrected chi connectivity index (χ0v) is 8.63. The van der Waals surface area contributed by atoms with E-state index in [0.29, 0.717) is 6.29 Å². The number of carbonyl (C=O) groups excluding carboxylic acids is 1. The molecule has 0 saturated heterocycles. The first-order valence-electron chi connectivity index (χ1n) is 4.25. The second kappa shape index (κ2) is 4.99. The molecule has 0 radical (unpaired) electrons. The highest BCUT2D eigenvalue weighted by molar-refractivity contribution is 7.89. The molecule has 0 aliphatic rings. The van der Waals surface area contributed by atoms with E-state index >= 15 is 0 Å². The average Bonchev–Trinajstić information content (AvgIpc) is 2.18. The number of sulfonamides is 1. The van der Waals surface area contributed by atoms with E-state index in [9.17, 15) is 17.6 Å². The van der Waals surface area contributed by atoms with Crippen LogP contribution in [0.5, 0.6) is 0 Å². The summed E-state index contributed by atoms with van der Waals surface area (Å²) in [5.41, 5.74) is 0. The van der Waals surface area contributed by atoms with Gasteiger partial charge in [-0.1, -0.05) is 0 Å². The van der Waals surface area contributed by atoms with Gasteiger partial charge in [0, 0.05) is 13.0 Å². The van der Waals surface area contributed by atoms with Crippen molar-refractivity contribution >= 4 is 16.3 Å². The largest absolute Gasteiger partial charge is 0.303 e. The summed E-state index contributed by atoms with van der Waals surface area (Å²) in [6.45, 7) is 0.0449. The standard InChI is InChI=1S/C9H10FNO3S/c10-8-2-4-9(5-3-8)15(13,14)11-6-1-7-12/h2-5,7,11H,1,6H2. The fraction of sp³-hybridized carbons (Fsp3) is 0.222. The maximum absolute atomic E-state index is 12.5. The molecule has 1 aromatic carbocycles. The van der Waals surface area contributed by atoms with E-state index < -0.39 is 15.8 Å². The Morgan fingerprint density at radius 1 is 1.27 bits per heavy atom. The van der Waals surface area contributed by atoms with Crippen LogP contribution in [0.2, 0.25) is 0 Å². The van der Waals surface area contributed by atoms with Crippen molar-refractivity contribution in [2.45, 2.75) is 11.3 Å². The van der Waals surface area contributed by atoms with Crippen molar-refractivity contribution < 1.29 is 17.6 Å². The van der Waals surface area contributed by atoms with E-state index in [4.69, 9.17) is 0 Å². The third-order valence-corrected chi connectivity index (χ3v) is 3.16. The van der Waals surface area contributed by atoms with Crippen LogP contribution >= 0.6 is 0 Å². The number of nitrogens with one attached hydrogen (secondary N) is 1. The van der Waals surface area contributed by atoms with Crippen molar-refractivity contribution in [2.24, 2.45) is 0 Å². The lowest BCUT2D eigenvalue weighted by molar-refractivity contribution is -0.107. The average molecular weight is 231 g/mol. The zero-order valence-electron chi connectivity index (χ0n) is 7.81. The van der Waals surface area contributed by atoms with Crippen molar-refractivity contribution in [1.29, 1.82) is 0 Å². The molecule has 0 heterocycles. The van der Waals surface area contributed by atoms with E-state index in [-0.39, 0.29) is 17.9 Å². The van der Waals surface area contributed by atoms with E-state index in [0.717, 1.165) is 12.1 Å². The summed E-state index contributed by atoms with van der Waals surface area (Å²) in [6.07, 6.45) is 0.730. The first-order valence-corrected chi connectivity index (χ1v) is 5.73. The monoisotopic (exact) mass is 231 g/mol. The third kappa shape index (κ3) is 3.41. The number of rotatable bonds is 5. The van der Waals surface area contributed by atoms with Gasteiger partial charge in [0.25, 0.3) is 0 Å². The Bertz CT molecular complexity index is 427.